The standard InChI is InChI=1S/C14H13F3N2O4S2/c15-14(16,17)24-9-13(20)19-10-3-1-5-12(7-10)25(21,22)18-8-11-4-2-6-23-11/h1-7,18H,8-9H2,(H,19,20). The molecule has 136 valence electrons. The van der Waals surface area contributed by atoms with E-state index in [9.17, 15) is 26.4 Å². The lowest BCUT2D eigenvalue weighted by molar-refractivity contribution is -0.114. The number of halogens is 3. The number of anilines is 1. The van der Waals surface area contributed by atoms with Gasteiger partial charge in [-0.1, -0.05) is 6.07 Å². The zero-order valence-electron chi connectivity index (χ0n) is 12.5. The Kier molecular flexibility index (Phi) is 6.14. The summed E-state index contributed by atoms with van der Waals surface area (Å²) in [5, 5.41) is 2.23. The van der Waals surface area contributed by atoms with Crippen molar-refractivity contribution in [3.8, 4) is 0 Å². The van der Waals surface area contributed by atoms with Gasteiger partial charge in [-0.15, -0.1) is 0 Å². The van der Waals surface area contributed by atoms with Crippen LogP contribution in [0.15, 0.2) is 52.0 Å². The molecule has 2 N–H and O–H groups in total. The van der Waals surface area contributed by atoms with Crippen LogP contribution in [0.3, 0.4) is 0 Å². The fourth-order valence-electron chi connectivity index (χ4n) is 1.75. The number of nitrogens with one attached hydrogen (secondary N) is 2. The molecule has 0 spiro atoms. The molecule has 1 heterocycles. The molecule has 0 aliphatic carbocycles. The van der Waals surface area contributed by atoms with E-state index in [2.05, 4.69) is 10.0 Å². The monoisotopic (exact) mass is 394 g/mol. The molecular formula is C14H13F3N2O4S2. The van der Waals surface area contributed by atoms with E-state index in [1.54, 1.807) is 12.1 Å². The topological polar surface area (TPSA) is 88.4 Å². The molecule has 6 nitrogen and oxygen atoms in total. The molecule has 0 radical (unpaired) electrons. The number of benzene rings is 1. The largest absolute Gasteiger partial charge is 0.468 e. The molecule has 0 fully saturated rings. The Morgan fingerprint density at radius 1 is 1.20 bits per heavy atom. The van der Waals surface area contributed by atoms with Crippen molar-refractivity contribution in [2.75, 3.05) is 11.1 Å². The van der Waals surface area contributed by atoms with Crippen molar-refractivity contribution < 1.29 is 30.8 Å². The van der Waals surface area contributed by atoms with Crippen LogP contribution in [-0.4, -0.2) is 25.6 Å². The van der Waals surface area contributed by atoms with Crippen molar-refractivity contribution in [2.45, 2.75) is 16.9 Å². The Bertz CT molecular complexity index is 821. The molecule has 25 heavy (non-hydrogen) atoms. The van der Waals surface area contributed by atoms with Gasteiger partial charge >= 0.3 is 5.51 Å². The zero-order chi connectivity index (χ0) is 18.5. The fourth-order valence-corrected chi connectivity index (χ4v) is 3.15. The number of furan rings is 1. The molecule has 0 aliphatic rings. The summed E-state index contributed by atoms with van der Waals surface area (Å²) in [5.74, 6) is -1.30. The average molecular weight is 394 g/mol. The van der Waals surface area contributed by atoms with Crippen LogP contribution in [0.2, 0.25) is 0 Å². The smallest absolute Gasteiger partial charge is 0.442 e. The van der Waals surface area contributed by atoms with E-state index < -0.39 is 39.0 Å². The molecule has 0 unspecified atom stereocenters. The Hall–Kier alpha value is -1.98. The lowest BCUT2D eigenvalue weighted by Gasteiger charge is -2.09. The van der Waals surface area contributed by atoms with E-state index in [1.165, 1.54) is 24.5 Å². The SMILES string of the molecule is O=C(CSC(F)(F)F)Nc1cccc(S(=O)(=O)NCc2ccco2)c1. The Labute approximate surface area is 145 Å². The van der Waals surface area contributed by atoms with Gasteiger partial charge in [-0.25, -0.2) is 13.1 Å². The highest BCUT2D eigenvalue weighted by Crippen LogP contribution is 2.30. The third-order valence-electron chi connectivity index (χ3n) is 2.81. The van der Waals surface area contributed by atoms with Gasteiger partial charge in [-0.3, -0.25) is 4.79 Å². The van der Waals surface area contributed by atoms with Crippen molar-refractivity contribution in [2.24, 2.45) is 0 Å². The number of hydrogen-bond donors (Lipinski definition) is 2. The Morgan fingerprint density at radius 3 is 2.60 bits per heavy atom. The molecule has 2 rings (SSSR count). The van der Waals surface area contributed by atoms with Gasteiger partial charge in [0.05, 0.1) is 23.5 Å². The summed E-state index contributed by atoms with van der Waals surface area (Å²) in [4.78, 5) is 11.4. The molecule has 1 amide bonds. The van der Waals surface area contributed by atoms with Crippen molar-refractivity contribution in [3.63, 3.8) is 0 Å². The lowest BCUT2D eigenvalue weighted by atomic mass is 10.3. The highest BCUT2D eigenvalue weighted by atomic mass is 32.2. The highest BCUT2D eigenvalue weighted by molar-refractivity contribution is 8.00. The predicted octanol–water partition coefficient (Wildman–Crippen LogP) is 2.95. The van der Waals surface area contributed by atoms with Gasteiger partial charge in [0.25, 0.3) is 0 Å². The minimum atomic E-state index is -4.52. The van der Waals surface area contributed by atoms with Crippen molar-refractivity contribution >= 4 is 33.4 Å². The lowest BCUT2D eigenvalue weighted by Crippen LogP contribution is -2.23. The molecule has 0 bridgehead atoms. The maximum absolute atomic E-state index is 12.2. The number of sulfonamides is 1. The van der Waals surface area contributed by atoms with Gasteiger partial charge in [-0.2, -0.15) is 13.2 Å². The Morgan fingerprint density at radius 2 is 1.96 bits per heavy atom. The van der Waals surface area contributed by atoms with Gasteiger partial charge in [-0.05, 0) is 42.1 Å². The molecular weight excluding hydrogens is 381 g/mol. The highest BCUT2D eigenvalue weighted by Gasteiger charge is 2.29. The summed E-state index contributed by atoms with van der Waals surface area (Å²) in [6.45, 7) is -0.0614. The summed E-state index contributed by atoms with van der Waals surface area (Å²) in [5.41, 5.74) is -4.44. The fraction of sp³-hybridized carbons (Fsp3) is 0.214. The number of amides is 1. The van der Waals surface area contributed by atoms with E-state index in [0.717, 1.165) is 6.07 Å². The average Bonchev–Trinajstić information content (AvgIpc) is 3.04. The number of carbonyl (C=O) groups is 1. The number of carbonyl (C=O) groups excluding carboxylic acids is 1. The quantitative estimate of drug-likeness (QED) is 0.754. The summed E-state index contributed by atoms with van der Waals surface area (Å²) in [6.07, 6.45) is 1.40. The maximum Gasteiger partial charge on any atom is 0.442 e. The maximum atomic E-state index is 12.2. The second kappa shape index (κ2) is 7.93. The van der Waals surface area contributed by atoms with Crippen LogP contribution in [0, 0.1) is 0 Å². The van der Waals surface area contributed by atoms with Gasteiger partial charge < -0.3 is 9.73 Å². The Balaban J connectivity index is 2.01. The zero-order valence-corrected chi connectivity index (χ0v) is 14.2. The molecule has 0 saturated carbocycles. The number of hydrogen-bond acceptors (Lipinski definition) is 5. The third kappa shape index (κ3) is 6.44. The first kappa shape index (κ1) is 19.3. The van der Waals surface area contributed by atoms with E-state index >= 15 is 0 Å². The predicted molar refractivity (Wildman–Crippen MR) is 86.3 cm³/mol. The molecule has 11 heteroatoms. The van der Waals surface area contributed by atoms with Crippen molar-refractivity contribution in [1.29, 1.82) is 0 Å². The van der Waals surface area contributed by atoms with Crippen LogP contribution in [0.1, 0.15) is 5.76 Å². The summed E-state index contributed by atoms with van der Waals surface area (Å²) >= 11 is -0.476. The van der Waals surface area contributed by atoms with Gasteiger partial charge in [0.2, 0.25) is 15.9 Å². The first-order valence-electron chi connectivity index (χ1n) is 6.78. The summed E-state index contributed by atoms with van der Waals surface area (Å²) in [7, 11) is -3.88. The normalized spacial score (nSPS) is 12.1. The van der Waals surface area contributed by atoms with Crippen LogP contribution in [0.25, 0.3) is 0 Å². The van der Waals surface area contributed by atoms with Gasteiger partial charge in [0, 0.05) is 5.69 Å². The molecule has 0 aliphatic heterocycles. The van der Waals surface area contributed by atoms with E-state index in [1.807, 2.05) is 0 Å². The number of alkyl halides is 3. The molecule has 0 atom stereocenters. The van der Waals surface area contributed by atoms with E-state index in [-0.39, 0.29) is 17.1 Å². The first-order valence-corrected chi connectivity index (χ1v) is 9.25. The first-order chi connectivity index (χ1) is 11.7. The van der Waals surface area contributed by atoms with Crippen molar-refractivity contribution in [1.82, 2.24) is 4.72 Å². The minimum absolute atomic E-state index is 0.0614. The van der Waals surface area contributed by atoms with Crippen LogP contribution < -0.4 is 10.0 Å². The van der Waals surface area contributed by atoms with E-state index in [0.29, 0.717) is 5.76 Å². The minimum Gasteiger partial charge on any atom is -0.468 e. The second-order valence-electron chi connectivity index (χ2n) is 4.71. The van der Waals surface area contributed by atoms with Crippen LogP contribution in [0.4, 0.5) is 18.9 Å². The van der Waals surface area contributed by atoms with Crippen molar-refractivity contribution in [3.05, 3.63) is 48.4 Å². The summed E-state index contributed by atoms with van der Waals surface area (Å²) < 4.78 is 67.9. The molecule has 0 saturated heterocycles. The number of rotatable bonds is 7. The third-order valence-corrected chi connectivity index (χ3v) is 4.94. The van der Waals surface area contributed by atoms with Crippen LogP contribution >= 0.6 is 11.8 Å². The molecule has 2 aromatic rings. The van der Waals surface area contributed by atoms with Gasteiger partial charge in [0.1, 0.15) is 5.76 Å². The van der Waals surface area contributed by atoms with Crippen LogP contribution in [-0.2, 0) is 21.4 Å². The van der Waals surface area contributed by atoms with Crippen LogP contribution in [0.5, 0.6) is 0 Å². The van der Waals surface area contributed by atoms with Gasteiger partial charge in [0.15, 0.2) is 0 Å². The number of thioether (sulfide) groups is 1. The molecule has 1 aromatic heterocycles. The second-order valence-corrected chi connectivity index (χ2v) is 7.52. The summed E-state index contributed by atoms with van der Waals surface area (Å²) in [6, 6.07) is 8.40. The van der Waals surface area contributed by atoms with E-state index in [4.69, 9.17) is 4.42 Å². The molecule has 1 aromatic carbocycles.